The van der Waals surface area contributed by atoms with Crippen LogP contribution >= 0.6 is 0 Å². The van der Waals surface area contributed by atoms with Crippen molar-refractivity contribution < 1.29 is 9.32 Å². The summed E-state index contributed by atoms with van der Waals surface area (Å²) in [4.78, 5) is 18.4. The molecule has 26 heavy (non-hydrogen) atoms. The fraction of sp³-hybridized carbons (Fsp3) is 0.474. The van der Waals surface area contributed by atoms with Crippen LogP contribution in [-0.4, -0.2) is 43.8 Å². The van der Waals surface area contributed by atoms with E-state index in [0.717, 1.165) is 53.9 Å². The number of carbonyl (C=O) groups is 1. The lowest BCUT2D eigenvalue weighted by Crippen LogP contribution is -2.37. The van der Waals surface area contributed by atoms with Gasteiger partial charge in [-0.1, -0.05) is 18.1 Å². The summed E-state index contributed by atoms with van der Waals surface area (Å²) in [5.41, 5.74) is 2.96. The van der Waals surface area contributed by atoms with Crippen molar-refractivity contribution in [3.63, 3.8) is 0 Å². The van der Waals surface area contributed by atoms with E-state index in [-0.39, 0.29) is 11.8 Å². The standard InChI is InChI=1S/C19H23N5O2/c1-4-17(25)24-9-7-13(8-10-24)18-20-19(26-22-18)14-5-6-15-12(2)21-23(3)16(15)11-14/h5-6,11,13H,4,7-10H2,1-3H3. The Labute approximate surface area is 152 Å². The van der Waals surface area contributed by atoms with Gasteiger partial charge in [-0.3, -0.25) is 9.48 Å². The first kappa shape index (κ1) is 16.8. The number of carbonyl (C=O) groups excluding carboxylic acids is 1. The molecule has 1 saturated heterocycles. The number of hydrogen-bond donors (Lipinski definition) is 0. The molecule has 0 unspecified atom stereocenters. The molecule has 4 rings (SSSR count). The number of hydrogen-bond acceptors (Lipinski definition) is 5. The third kappa shape index (κ3) is 2.87. The van der Waals surface area contributed by atoms with Crippen molar-refractivity contribution in [2.24, 2.45) is 7.05 Å². The molecule has 1 aliphatic heterocycles. The van der Waals surface area contributed by atoms with Crippen LogP contribution in [0.3, 0.4) is 0 Å². The van der Waals surface area contributed by atoms with Crippen LogP contribution in [0.2, 0.25) is 0 Å². The summed E-state index contributed by atoms with van der Waals surface area (Å²) in [5, 5.41) is 9.78. The molecule has 0 bridgehead atoms. The molecule has 1 aromatic carbocycles. The first-order valence-corrected chi connectivity index (χ1v) is 9.12. The summed E-state index contributed by atoms with van der Waals surface area (Å²) in [6.07, 6.45) is 2.32. The molecule has 0 spiro atoms. The Bertz CT molecular complexity index is 950. The van der Waals surface area contributed by atoms with Gasteiger partial charge in [0.2, 0.25) is 5.91 Å². The van der Waals surface area contributed by atoms with Crippen molar-refractivity contribution in [3.05, 3.63) is 29.7 Å². The lowest BCUT2D eigenvalue weighted by Gasteiger charge is -2.30. The number of amides is 1. The molecule has 0 atom stereocenters. The quantitative estimate of drug-likeness (QED) is 0.723. The van der Waals surface area contributed by atoms with E-state index in [0.29, 0.717) is 12.3 Å². The monoisotopic (exact) mass is 353 g/mol. The predicted octanol–water partition coefficient (Wildman–Crippen LogP) is 3.05. The zero-order valence-corrected chi connectivity index (χ0v) is 15.4. The summed E-state index contributed by atoms with van der Waals surface area (Å²) in [7, 11) is 1.93. The third-order valence-corrected chi connectivity index (χ3v) is 5.24. The fourth-order valence-corrected chi connectivity index (χ4v) is 3.70. The number of aryl methyl sites for hydroxylation is 2. The first-order valence-electron chi connectivity index (χ1n) is 9.12. The van der Waals surface area contributed by atoms with Crippen LogP contribution in [0.15, 0.2) is 22.7 Å². The molecular weight excluding hydrogens is 330 g/mol. The Hall–Kier alpha value is -2.70. The maximum Gasteiger partial charge on any atom is 0.258 e. The van der Waals surface area contributed by atoms with Gasteiger partial charge >= 0.3 is 0 Å². The summed E-state index contributed by atoms with van der Waals surface area (Å²) in [5.74, 6) is 1.74. The molecule has 1 amide bonds. The Balaban J connectivity index is 1.53. The second kappa shape index (κ2) is 6.55. The minimum absolute atomic E-state index is 0.219. The number of benzene rings is 1. The number of nitrogens with zero attached hydrogens (tertiary/aromatic N) is 5. The SMILES string of the molecule is CCC(=O)N1CCC(c2noc(-c3ccc4c(C)nn(C)c4c3)n2)CC1. The molecule has 1 aliphatic rings. The van der Waals surface area contributed by atoms with Crippen molar-refractivity contribution >= 4 is 16.8 Å². The van der Waals surface area contributed by atoms with Crippen LogP contribution in [0.5, 0.6) is 0 Å². The molecule has 0 radical (unpaired) electrons. The summed E-state index contributed by atoms with van der Waals surface area (Å²) < 4.78 is 7.39. The van der Waals surface area contributed by atoms with Gasteiger partial charge in [-0.25, -0.2) is 0 Å². The van der Waals surface area contributed by atoms with Crippen LogP contribution in [0.1, 0.15) is 43.6 Å². The minimum atomic E-state index is 0.219. The highest BCUT2D eigenvalue weighted by Gasteiger charge is 2.26. The van der Waals surface area contributed by atoms with E-state index in [4.69, 9.17) is 4.52 Å². The minimum Gasteiger partial charge on any atom is -0.343 e. The van der Waals surface area contributed by atoms with Crippen LogP contribution in [0.25, 0.3) is 22.4 Å². The van der Waals surface area contributed by atoms with Gasteiger partial charge in [0.1, 0.15) is 0 Å². The number of fused-ring (bicyclic) bond motifs is 1. The molecule has 3 heterocycles. The largest absolute Gasteiger partial charge is 0.343 e. The first-order chi connectivity index (χ1) is 12.6. The van der Waals surface area contributed by atoms with E-state index in [1.807, 2.05) is 48.7 Å². The Morgan fingerprint density at radius 3 is 2.81 bits per heavy atom. The molecule has 0 N–H and O–H groups in total. The van der Waals surface area contributed by atoms with Crippen molar-refractivity contribution in [2.75, 3.05) is 13.1 Å². The van der Waals surface area contributed by atoms with Gasteiger partial charge in [-0.2, -0.15) is 10.1 Å². The molecule has 0 aliphatic carbocycles. The zero-order chi connectivity index (χ0) is 18.3. The average Bonchev–Trinajstić information content (AvgIpc) is 3.26. The average molecular weight is 353 g/mol. The molecule has 136 valence electrons. The van der Waals surface area contributed by atoms with E-state index in [1.54, 1.807) is 0 Å². The predicted molar refractivity (Wildman–Crippen MR) is 97.6 cm³/mol. The van der Waals surface area contributed by atoms with E-state index in [2.05, 4.69) is 15.2 Å². The van der Waals surface area contributed by atoms with Gasteiger partial charge in [0.05, 0.1) is 11.2 Å². The number of piperidine rings is 1. The second-order valence-corrected chi connectivity index (χ2v) is 6.91. The highest BCUT2D eigenvalue weighted by Crippen LogP contribution is 2.29. The summed E-state index contributed by atoms with van der Waals surface area (Å²) in [6, 6.07) is 6.08. The molecular formula is C19H23N5O2. The summed E-state index contributed by atoms with van der Waals surface area (Å²) in [6.45, 7) is 5.44. The Morgan fingerprint density at radius 2 is 2.08 bits per heavy atom. The topological polar surface area (TPSA) is 77.0 Å². The second-order valence-electron chi connectivity index (χ2n) is 6.91. The molecule has 7 nitrogen and oxygen atoms in total. The van der Waals surface area contributed by atoms with E-state index in [9.17, 15) is 4.79 Å². The molecule has 7 heteroatoms. The van der Waals surface area contributed by atoms with Crippen LogP contribution in [-0.2, 0) is 11.8 Å². The van der Waals surface area contributed by atoms with Crippen LogP contribution in [0, 0.1) is 6.92 Å². The van der Waals surface area contributed by atoms with Gasteiger partial charge in [-0.15, -0.1) is 0 Å². The zero-order valence-electron chi connectivity index (χ0n) is 15.4. The van der Waals surface area contributed by atoms with Gasteiger partial charge < -0.3 is 9.42 Å². The number of rotatable bonds is 3. The third-order valence-electron chi connectivity index (χ3n) is 5.24. The van der Waals surface area contributed by atoms with Crippen LogP contribution in [0.4, 0.5) is 0 Å². The lowest BCUT2D eigenvalue weighted by molar-refractivity contribution is -0.131. The molecule has 2 aromatic heterocycles. The maximum absolute atomic E-state index is 11.8. The van der Waals surface area contributed by atoms with E-state index in [1.165, 1.54) is 0 Å². The number of aromatic nitrogens is 4. The van der Waals surface area contributed by atoms with Gasteiger partial charge in [0.25, 0.3) is 5.89 Å². The molecule has 0 saturated carbocycles. The molecule has 1 fully saturated rings. The lowest BCUT2D eigenvalue weighted by atomic mass is 9.96. The van der Waals surface area contributed by atoms with Gasteiger partial charge in [0.15, 0.2) is 5.82 Å². The highest BCUT2D eigenvalue weighted by molar-refractivity contribution is 5.85. The van der Waals surface area contributed by atoms with Gasteiger partial charge in [-0.05, 0) is 31.9 Å². The van der Waals surface area contributed by atoms with Crippen molar-refractivity contribution in [2.45, 2.75) is 39.0 Å². The van der Waals surface area contributed by atoms with Crippen molar-refractivity contribution in [1.82, 2.24) is 24.8 Å². The smallest absolute Gasteiger partial charge is 0.258 e. The van der Waals surface area contributed by atoms with Crippen molar-refractivity contribution in [1.29, 1.82) is 0 Å². The fourth-order valence-electron chi connectivity index (χ4n) is 3.70. The van der Waals surface area contributed by atoms with Crippen molar-refractivity contribution in [3.8, 4) is 11.5 Å². The summed E-state index contributed by atoms with van der Waals surface area (Å²) >= 11 is 0. The Morgan fingerprint density at radius 1 is 1.31 bits per heavy atom. The normalized spacial score (nSPS) is 15.7. The van der Waals surface area contributed by atoms with Crippen LogP contribution < -0.4 is 0 Å². The highest BCUT2D eigenvalue weighted by atomic mass is 16.5. The van der Waals surface area contributed by atoms with E-state index < -0.39 is 0 Å². The molecule has 3 aromatic rings. The Kier molecular flexibility index (Phi) is 4.22. The van der Waals surface area contributed by atoms with E-state index >= 15 is 0 Å². The number of likely N-dealkylation sites (tertiary alicyclic amines) is 1. The van der Waals surface area contributed by atoms with Gasteiger partial charge in [0, 0.05) is 43.4 Å². The maximum atomic E-state index is 11.8.